The highest BCUT2D eigenvalue weighted by Gasteiger charge is 2.13. The molecular formula is C21H22N4O2S. The number of anilines is 1. The fraction of sp³-hybridized carbons (Fsp3) is 0.286. The van der Waals surface area contributed by atoms with Crippen LogP contribution in [0, 0.1) is 0 Å². The molecule has 0 bridgehead atoms. The minimum Gasteiger partial charge on any atom is -0.491 e. The van der Waals surface area contributed by atoms with Crippen LogP contribution in [0.5, 0.6) is 5.75 Å². The standard InChI is InChI=1S/C21H22N4O2S/c1-4-15-11-19(26)25-21(23-15)28-20(24-25)22-12-17-16-8-6-5-7-14(16)9-10-18(17)27-13(2)3/h5-11,13H,4,12H2,1-3H3,(H,22,24). The van der Waals surface area contributed by atoms with Crippen molar-refractivity contribution in [1.82, 2.24) is 14.6 Å². The van der Waals surface area contributed by atoms with E-state index >= 15 is 0 Å². The number of hydrogen-bond donors (Lipinski definition) is 1. The molecule has 6 nitrogen and oxygen atoms in total. The summed E-state index contributed by atoms with van der Waals surface area (Å²) in [5.41, 5.74) is 1.70. The number of benzene rings is 2. The van der Waals surface area contributed by atoms with E-state index < -0.39 is 0 Å². The molecule has 0 radical (unpaired) electrons. The Balaban J connectivity index is 1.69. The van der Waals surface area contributed by atoms with Crippen molar-refractivity contribution in [1.29, 1.82) is 0 Å². The molecule has 0 fully saturated rings. The van der Waals surface area contributed by atoms with E-state index in [9.17, 15) is 4.79 Å². The number of aryl methyl sites for hydroxylation is 1. The van der Waals surface area contributed by atoms with Crippen LogP contribution < -0.4 is 15.6 Å². The quantitative estimate of drug-likeness (QED) is 0.529. The van der Waals surface area contributed by atoms with Gasteiger partial charge in [-0.25, -0.2) is 4.98 Å². The summed E-state index contributed by atoms with van der Waals surface area (Å²) in [4.78, 5) is 17.3. The van der Waals surface area contributed by atoms with Gasteiger partial charge in [-0.3, -0.25) is 4.79 Å². The van der Waals surface area contributed by atoms with Crippen LogP contribution in [0.3, 0.4) is 0 Å². The molecule has 0 spiro atoms. The van der Waals surface area contributed by atoms with Gasteiger partial charge >= 0.3 is 0 Å². The maximum absolute atomic E-state index is 12.2. The maximum atomic E-state index is 12.2. The normalized spacial score (nSPS) is 11.4. The van der Waals surface area contributed by atoms with Gasteiger partial charge in [0, 0.05) is 23.9 Å². The van der Waals surface area contributed by atoms with Crippen molar-refractivity contribution in [3.8, 4) is 5.75 Å². The average molecular weight is 395 g/mol. The SMILES string of the molecule is CCc1cc(=O)n2nc(NCc3c(OC(C)C)ccc4ccccc34)sc2n1. The van der Waals surface area contributed by atoms with Gasteiger partial charge < -0.3 is 10.1 Å². The largest absolute Gasteiger partial charge is 0.491 e. The molecule has 4 aromatic rings. The van der Waals surface area contributed by atoms with Crippen LogP contribution in [-0.4, -0.2) is 20.7 Å². The van der Waals surface area contributed by atoms with Crippen LogP contribution in [0.1, 0.15) is 32.0 Å². The smallest absolute Gasteiger partial charge is 0.275 e. The van der Waals surface area contributed by atoms with Crippen molar-refractivity contribution in [2.24, 2.45) is 0 Å². The molecule has 0 aliphatic heterocycles. The van der Waals surface area contributed by atoms with Gasteiger partial charge in [0.2, 0.25) is 10.1 Å². The van der Waals surface area contributed by atoms with Gasteiger partial charge in [-0.2, -0.15) is 4.52 Å². The minimum absolute atomic E-state index is 0.0811. The average Bonchev–Trinajstić information content (AvgIpc) is 3.10. The third-order valence-corrected chi connectivity index (χ3v) is 5.30. The molecule has 0 aliphatic rings. The molecule has 2 aromatic carbocycles. The van der Waals surface area contributed by atoms with E-state index in [1.807, 2.05) is 39.0 Å². The molecule has 0 saturated heterocycles. The summed E-state index contributed by atoms with van der Waals surface area (Å²) in [5, 5.41) is 10.7. The summed E-state index contributed by atoms with van der Waals surface area (Å²) >= 11 is 1.37. The molecule has 4 rings (SSSR count). The number of hydrogen-bond acceptors (Lipinski definition) is 6. The number of nitrogens with zero attached hydrogens (tertiary/aromatic N) is 3. The summed E-state index contributed by atoms with van der Waals surface area (Å²) in [6.45, 7) is 6.56. The number of ether oxygens (including phenoxy) is 1. The van der Waals surface area contributed by atoms with Gasteiger partial charge in [0.25, 0.3) is 5.56 Å². The van der Waals surface area contributed by atoms with Crippen molar-refractivity contribution >= 4 is 32.2 Å². The second-order valence-electron chi connectivity index (χ2n) is 6.82. The molecule has 7 heteroatoms. The Morgan fingerprint density at radius 3 is 2.82 bits per heavy atom. The first-order chi connectivity index (χ1) is 13.5. The number of rotatable bonds is 6. The van der Waals surface area contributed by atoms with E-state index in [4.69, 9.17) is 4.74 Å². The third-order valence-electron chi connectivity index (χ3n) is 4.44. The summed E-state index contributed by atoms with van der Waals surface area (Å²) in [6.07, 6.45) is 0.802. The van der Waals surface area contributed by atoms with E-state index in [0.717, 1.165) is 34.2 Å². The summed E-state index contributed by atoms with van der Waals surface area (Å²) in [5.74, 6) is 0.853. The highest BCUT2D eigenvalue weighted by atomic mass is 32.1. The molecule has 0 amide bonds. The van der Waals surface area contributed by atoms with Crippen LogP contribution in [0.2, 0.25) is 0 Å². The van der Waals surface area contributed by atoms with E-state index in [1.165, 1.54) is 21.9 Å². The predicted molar refractivity (Wildman–Crippen MR) is 114 cm³/mol. The van der Waals surface area contributed by atoms with Gasteiger partial charge in [-0.15, -0.1) is 5.10 Å². The second-order valence-corrected chi connectivity index (χ2v) is 7.78. The second kappa shape index (κ2) is 7.59. The van der Waals surface area contributed by atoms with E-state index in [0.29, 0.717) is 16.6 Å². The molecule has 144 valence electrons. The van der Waals surface area contributed by atoms with Gasteiger partial charge in [-0.1, -0.05) is 48.6 Å². The molecule has 2 aromatic heterocycles. The fourth-order valence-corrected chi connectivity index (χ4v) is 3.96. The van der Waals surface area contributed by atoms with Gasteiger partial charge in [-0.05, 0) is 37.1 Å². The third kappa shape index (κ3) is 3.57. The van der Waals surface area contributed by atoms with Crippen molar-refractivity contribution in [3.05, 3.63) is 64.1 Å². The number of aromatic nitrogens is 3. The molecule has 1 N–H and O–H groups in total. The Hall–Kier alpha value is -2.93. The van der Waals surface area contributed by atoms with Crippen LogP contribution in [-0.2, 0) is 13.0 Å². The lowest BCUT2D eigenvalue weighted by Crippen LogP contribution is -2.15. The molecule has 28 heavy (non-hydrogen) atoms. The zero-order valence-corrected chi connectivity index (χ0v) is 16.9. The van der Waals surface area contributed by atoms with Gasteiger partial charge in [0.15, 0.2) is 0 Å². The van der Waals surface area contributed by atoms with Crippen LogP contribution in [0.25, 0.3) is 15.7 Å². The predicted octanol–water partition coefficient (Wildman–Crippen LogP) is 4.27. The summed E-state index contributed by atoms with van der Waals surface area (Å²) in [6, 6.07) is 13.9. The molecular weight excluding hydrogens is 372 g/mol. The van der Waals surface area contributed by atoms with Crippen molar-refractivity contribution in [2.45, 2.75) is 39.8 Å². The Morgan fingerprint density at radius 2 is 2.04 bits per heavy atom. The first-order valence-electron chi connectivity index (χ1n) is 9.36. The minimum atomic E-state index is -0.153. The van der Waals surface area contributed by atoms with Crippen LogP contribution in [0.4, 0.5) is 5.13 Å². The lowest BCUT2D eigenvalue weighted by molar-refractivity contribution is 0.240. The maximum Gasteiger partial charge on any atom is 0.275 e. The zero-order valence-electron chi connectivity index (χ0n) is 16.1. The van der Waals surface area contributed by atoms with Gasteiger partial charge in [0.1, 0.15) is 5.75 Å². The summed E-state index contributed by atoms with van der Waals surface area (Å²) in [7, 11) is 0. The Morgan fingerprint density at radius 1 is 1.21 bits per heavy atom. The van der Waals surface area contributed by atoms with Crippen LogP contribution in [0.15, 0.2) is 47.3 Å². The molecule has 0 aliphatic carbocycles. The van der Waals surface area contributed by atoms with Crippen molar-refractivity contribution in [2.75, 3.05) is 5.32 Å². The Kier molecular flexibility index (Phi) is 5.00. The van der Waals surface area contributed by atoms with Crippen molar-refractivity contribution < 1.29 is 4.74 Å². The number of nitrogens with one attached hydrogen (secondary N) is 1. The van der Waals surface area contributed by atoms with E-state index in [-0.39, 0.29) is 11.7 Å². The highest BCUT2D eigenvalue weighted by molar-refractivity contribution is 7.20. The highest BCUT2D eigenvalue weighted by Crippen LogP contribution is 2.30. The lowest BCUT2D eigenvalue weighted by atomic mass is 10.0. The fourth-order valence-electron chi connectivity index (χ4n) is 3.14. The first kappa shape index (κ1) is 18.4. The van der Waals surface area contributed by atoms with Crippen molar-refractivity contribution in [3.63, 3.8) is 0 Å². The topological polar surface area (TPSA) is 68.5 Å². The van der Waals surface area contributed by atoms with Gasteiger partial charge in [0.05, 0.1) is 6.10 Å². The zero-order chi connectivity index (χ0) is 19.7. The Labute approximate surface area is 166 Å². The summed E-state index contributed by atoms with van der Waals surface area (Å²) < 4.78 is 7.37. The Bertz CT molecular complexity index is 1200. The van der Waals surface area contributed by atoms with E-state index in [1.54, 1.807) is 0 Å². The monoisotopic (exact) mass is 394 g/mol. The first-order valence-corrected chi connectivity index (χ1v) is 10.2. The lowest BCUT2D eigenvalue weighted by Gasteiger charge is -2.16. The molecule has 0 unspecified atom stereocenters. The molecule has 0 atom stereocenters. The van der Waals surface area contributed by atoms with Crippen LogP contribution >= 0.6 is 11.3 Å². The molecule has 2 heterocycles. The number of fused-ring (bicyclic) bond motifs is 2. The molecule has 0 saturated carbocycles. The van der Waals surface area contributed by atoms with E-state index in [2.05, 4.69) is 33.6 Å².